The van der Waals surface area contributed by atoms with Crippen LogP contribution in [0.2, 0.25) is 0 Å². The molecule has 4 bridgehead atoms. The molecule has 12 heteroatoms. The number of ether oxygens (including phenoxy) is 1. The van der Waals surface area contributed by atoms with E-state index in [1.807, 2.05) is 38.1 Å². The normalized spacial score (nSPS) is 19.5. The average molecular weight is 674 g/mol. The fraction of sp³-hybridized carbons (Fsp3) is 0.389. The summed E-state index contributed by atoms with van der Waals surface area (Å²) < 4.78 is 50.7. The van der Waals surface area contributed by atoms with Gasteiger partial charge in [0.1, 0.15) is 11.4 Å². The van der Waals surface area contributed by atoms with Gasteiger partial charge >= 0.3 is 5.97 Å². The average Bonchev–Trinajstić information content (AvgIpc) is 3.65. The first-order valence-electron chi connectivity index (χ1n) is 16.1. The molecule has 252 valence electrons. The highest BCUT2D eigenvalue weighted by atomic mass is 32.2. The van der Waals surface area contributed by atoms with Crippen molar-refractivity contribution in [2.45, 2.75) is 64.7 Å². The molecular formula is C36H40FN5O5S. The van der Waals surface area contributed by atoms with Gasteiger partial charge in [-0.1, -0.05) is 44.5 Å². The predicted molar refractivity (Wildman–Crippen MR) is 181 cm³/mol. The van der Waals surface area contributed by atoms with E-state index in [-0.39, 0.29) is 30.1 Å². The number of aryl methyl sites for hydroxylation is 3. The van der Waals surface area contributed by atoms with Crippen molar-refractivity contribution >= 4 is 26.7 Å². The minimum absolute atomic E-state index is 0.0172. The van der Waals surface area contributed by atoms with E-state index in [9.17, 15) is 18.3 Å². The van der Waals surface area contributed by atoms with Crippen LogP contribution in [-0.2, 0) is 39.9 Å². The van der Waals surface area contributed by atoms with Crippen LogP contribution in [0.1, 0.15) is 69.0 Å². The fourth-order valence-electron chi connectivity index (χ4n) is 6.76. The van der Waals surface area contributed by atoms with Gasteiger partial charge in [0.15, 0.2) is 33.1 Å². The van der Waals surface area contributed by atoms with Crippen LogP contribution in [0.25, 0.3) is 22.4 Å². The fourth-order valence-corrected chi connectivity index (χ4v) is 8.76. The Labute approximate surface area is 279 Å². The Morgan fingerprint density at radius 2 is 1.94 bits per heavy atom. The summed E-state index contributed by atoms with van der Waals surface area (Å²) in [6, 6.07) is 14.3. The number of carboxylic acid groups (broad SMARTS) is 1. The molecule has 0 aliphatic carbocycles. The van der Waals surface area contributed by atoms with Crippen LogP contribution in [0.15, 0.2) is 60.9 Å². The number of sulfone groups is 1. The zero-order valence-corrected chi connectivity index (χ0v) is 28.4. The molecule has 10 nitrogen and oxygen atoms in total. The highest BCUT2D eigenvalue weighted by Gasteiger charge is 2.36. The number of halogens is 1. The van der Waals surface area contributed by atoms with Gasteiger partial charge in [-0.15, -0.1) is 0 Å². The van der Waals surface area contributed by atoms with E-state index < -0.39 is 32.5 Å². The van der Waals surface area contributed by atoms with Gasteiger partial charge in [0.25, 0.3) is 0 Å². The molecule has 1 atom stereocenters. The maximum absolute atomic E-state index is 15.6. The molecule has 0 amide bonds. The second-order valence-electron chi connectivity index (χ2n) is 13.8. The standard InChI is InChI=1S/C36H40FN5O5S/c1-35(2)14-6-15-36(3,24-8-5-7-23(19-24)9-10-31(43)44)34-40-33(42(4)41-34)30-20-25(11-16-39-30)47-32-27(13-18-48(45,46)22-35)26-12-17-38-29(26)21-28(32)37/h5,7-8,11-12,16-17,19-21,38H,6,9-10,13-15,18,22H2,1-4H3,(H,43,44)/t36-/m1/s1. The quantitative estimate of drug-likeness (QED) is 0.213. The van der Waals surface area contributed by atoms with Crippen molar-refractivity contribution in [1.82, 2.24) is 24.7 Å². The Hall–Kier alpha value is -4.58. The first-order valence-corrected chi connectivity index (χ1v) is 17.9. The smallest absolute Gasteiger partial charge is 0.303 e. The van der Waals surface area contributed by atoms with Crippen LogP contribution in [-0.4, -0.2) is 55.7 Å². The van der Waals surface area contributed by atoms with Crippen molar-refractivity contribution in [3.05, 3.63) is 89.3 Å². The molecule has 5 aromatic rings. The zero-order chi connectivity index (χ0) is 34.3. The number of carboxylic acids is 1. The molecule has 1 aliphatic heterocycles. The van der Waals surface area contributed by atoms with Crippen LogP contribution in [0.3, 0.4) is 0 Å². The number of aromatic amines is 1. The van der Waals surface area contributed by atoms with Gasteiger partial charge in [0.05, 0.1) is 16.9 Å². The molecule has 6 rings (SSSR count). The van der Waals surface area contributed by atoms with Gasteiger partial charge < -0.3 is 14.8 Å². The number of fused-ring (bicyclic) bond motifs is 8. The molecule has 0 saturated heterocycles. The van der Waals surface area contributed by atoms with E-state index in [2.05, 4.69) is 16.9 Å². The predicted octanol–water partition coefficient (Wildman–Crippen LogP) is 6.78. The molecule has 0 spiro atoms. The van der Waals surface area contributed by atoms with Crippen LogP contribution >= 0.6 is 0 Å². The maximum Gasteiger partial charge on any atom is 0.303 e. The molecule has 0 radical (unpaired) electrons. The third kappa shape index (κ3) is 6.99. The summed E-state index contributed by atoms with van der Waals surface area (Å²) >= 11 is 0. The van der Waals surface area contributed by atoms with Crippen LogP contribution in [0, 0.1) is 11.2 Å². The molecule has 0 saturated carbocycles. The van der Waals surface area contributed by atoms with Crippen molar-refractivity contribution in [1.29, 1.82) is 0 Å². The van der Waals surface area contributed by atoms with E-state index in [4.69, 9.17) is 14.8 Å². The van der Waals surface area contributed by atoms with E-state index >= 15 is 4.39 Å². The number of H-pyrrole nitrogens is 1. The Kier molecular flexibility index (Phi) is 8.88. The maximum atomic E-state index is 15.6. The van der Waals surface area contributed by atoms with Crippen LogP contribution in [0.4, 0.5) is 4.39 Å². The lowest BCUT2D eigenvalue weighted by Crippen LogP contribution is -2.29. The summed E-state index contributed by atoms with van der Waals surface area (Å²) in [5, 5.41) is 14.8. The molecule has 2 N–H and O–H groups in total. The molecular weight excluding hydrogens is 633 g/mol. The monoisotopic (exact) mass is 673 g/mol. The third-order valence-electron chi connectivity index (χ3n) is 9.30. The van der Waals surface area contributed by atoms with Gasteiger partial charge in [0, 0.05) is 54.5 Å². The lowest BCUT2D eigenvalue weighted by molar-refractivity contribution is -0.136. The largest absolute Gasteiger partial charge is 0.481 e. The van der Waals surface area contributed by atoms with Gasteiger partial charge in [-0.2, -0.15) is 5.10 Å². The van der Waals surface area contributed by atoms with E-state index in [1.54, 1.807) is 42.3 Å². The number of benzene rings is 2. The van der Waals surface area contributed by atoms with Crippen molar-refractivity contribution in [2.24, 2.45) is 12.5 Å². The Bertz CT molecular complexity index is 2100. The molecule has 2 aromatic carbocycles. The van der Waals surface area contributed by atoms with Crippen molar-refractivity contribution in [3.8, 4) is 23.0 Å². The van der Waals surface area contributed by atoms with Crippen LogP contribution < -0.4 is 4.74 Å². The van der Waals surface area contributed by atoms with Crippen molar-refractivity contribution in [2.75, 3.05) is 11.5 Å². The first-order chi connectivity index (χ1) is 22.7. The Morgan fingerprint density at radius 1 is 1.12 bits per heavy atom. The van der Waals surface area contributed by atoms with E-state index in [1.165, 1.54) is 6.07 Å². The highest BCUT2D eigenvalue weighted by molar-refractivity contribution is 7.91. The highest BCUT2D eigenvalue weighted by Crippen LogP contribution is 2.40. The number of hydrogen-bond acceptors (Lipinski definition) is 7. The third-order valence-corrected chi connectivity index (χ3v) is 11.3. The Morgan fingerprint density at radius 3 is 2.73 bits per heavy atom. The Balaban J connectivity index is 1.47. The van der Waals surface area contributed by atoms with E-state index in [0.717, 1.165) is 11.1 Å². The number of carbonyl (C=O) groups is 1. The minimum Gasteiger partial charge on any atom is -0.481 e. The molecule has 3 aromatic heterocycles. The van der Waals surface area contributed by atoms with Gasteiger partial charge in [-0.3, -0.25) is 9.78 Å². The summed E-state index contributed by atoms with van der Waals surface area (Å²) in [6.45, 7) is 5.99. The molecule has 0 fully saturated rings. The summed E-state index contributed by atoms with van der Waals surface area (Å²) in [6.07, 6.45) is 5.68. The summed E-state index contributed by atoms with van der Waals surface area (Å²) in [7, 11) is -1.75. The van der Waals surface area contributed by atoms with Gasteiger partial charge in [0.2, 0.25) is 0 Å². The first kappa shape index (κ1) is 33.3. The second-order valence-corrected chi connectivity index (χ2v) is 15.9. The number of aliphatic carboxylic acids is 1. The molecule has 0 unspecified atom stereocenters. The lowest BCUT2D eigenvalue weighted by atomic mass is 9.75. The molecule has 1 aliphatic rings. The summed E-state index contributed by atoms with van der Waals surface area (Å²) in [4.78, 5) is 23.9. The van der Waals surface area contributed by atoms with Gasteiger partial charge in [-0.05, 0) is 61.3 Å². The summed E-state index contributed by atoms with van der Waals surface area (Å²) in [5.74, 6) is -0.298. The number of aromatic nitrogens is 5. The summed E-state index contributed by atoms with van der Waals surface area (Å²) in [5.41, 5.74) is 2.13. The van der Waals surface area contributed by atoms with Gasteiger partial charge in [-0.25, -0.2) is 22.5 Å². The number of nitrogens with zero attached hydrogens (tertiary/aromatic N) is 4. The second kappa shape index (κ2) is 12.8. The lowest BCUT2D eigenvalue weighted by Gasteiger charge is -2.30. The van der Waals surface area contributed by atoms with E-state index in [0.29, 0.717) is 65.2 Å². The molecule has 4 heterocycles. The number of nitrogens with one attached hydrogen (secondary N) is 1. The SMILES string of the molecule is Cn1nc2nc1-c1cc(ccn1)Oc1c(F)cc3[nH]ccc3c1CCS(=O)(=O)CC(C)(C)CCC[C@]2(C)c1cccc(CCC(=O)O)c1. The number of rotatable bonds is 4. The van der Waals surface area contributed by atoms with Crippen molar-refractivity contribution < 1.29 is 27.4 Å². The number of hydrogen-bond donors (Lipinski definition) is 2. The molecule has 48 heavy (non-hydrogen) atoms. The number of pyridine rings is 1. The van der Waals surface area contributed by atoms with Crippen molar-refractivity contribution in [3.63, 3.8) is 0 Å². The topological polar surface area (TPSA) is 140 Å². The zero-order valence-electron chi connectivity index (χ0n) is 27.6. The van der Waals surface area contributed by atoms with Crippen LogP contribution in [0.5, 0.6) is 11.5 Å². The minimum atomic E-state index is -3.54.